The van der Waals surface area contributed by atoms with Crippen LogP contribution in [-0.2, 0) is 57.3 Å². The van der Waals surface area contributed by atoms with Crippen LogP contribution in [0.2, 0.25) is 0 Å². The molecule has 0 rings (SSSR count). The van der Waals surface area contributed by atoms with Crippen molar-refractivity contribution in [3.8, 4) is 0 Å². The van der Waals surface area contributed by atoms with Crippen molar-refractivity contribution < 1.29 is 66.9 Å². The average molecular weight is 951 g/mol. The van der Waals surface area contributed by atoms with Crippen LogP contribution < -0.4 is 42.5 Å². The Morgan fingerprint density at radius 1 is 0.469 bits per heavy atom. The van der Waals surface area contributed by atoms with Gasteiger partial charge in [-0.1, -0.05) is 49.3 Å². The van der Waals surface area contributed by atoms with Crippen LogP contribution in [0.5, 0.6) is 0 Å². The minimum Gasteiger partial charge on any atom is -0.467 e. The summed E-state index contributed by atoms with van der Waals surface area (Å²) < 4.78 is 19.9. The number of carbonyl (C=O) groups is 10. The van der Waals surface area contributed by atoms with E-state index in [1.807, 2.05) is 27.7 Å². The largest absolute Gasteiger partial charge is 0.467 e. The molecule has 8 N–H and O–H groups in total. The average Bonchev–Trinajstić information content (AvgIpc) is 3.16. The first kappa shape index (κ1) is 59.0. The molecule has 64 heavy (non-hydrogen) atoms. The fourth-order valence-corrected chi connectivity index (χ4v) is 7.35. The standard InChI is InChI=1S/C40H70N8O14S2/c1-23(2)17-25(45-29(49)13-15-41-37(57)61-39(5,6)7)33(53)43-19-31(51)47-27(35(55)59-11)21-63-64-22-28(36(56)60-12)48-32(52)20-44-34(54)26(18-24(3)4)46-30(50)14-16-42-38(58)62-40(8,9)10/h23-28H,13-22H2,1-12H3,(H,41,57)(H,42,58)(H,43,53)(H,44,54)(H,45,49)(H,46,50)(H,47,51)(H,48,52)/t25-,26-,27-,28-/m0/s1. The summed E-state index contributed by atoms with van der Waals surface area (Å²) >= 11 is 0. The van der Waals surface area contributed by atoms with Gasteiger partial charge >= 0.3 is 24.1 Å². The lowest BCUT2D eigenvalue weighted by molar-refractivity contribution is -0.144. The van der Waals surface area contributed by atoms with E-state index < -0.39 is 108 Å². The van der Waals surface area contributed by atoms with Crippen LogP contribution in [0.25, 0.3) is 0 Å². The Morgan fingerprint density at radius 3 is 1.06 bits per heavy atom. The van der Waals surface area contributed by atoms with E-state index in [4.69, 9.17) is 18.9 Å². The fraction of sp³-hybridized carbons (Fsp3) is 0.750. The Hall–Kier alpha value is -5.00. The molecule has 0 saturated carbocycles. The summed E-state index contributed by atoms with van der Waals surface area (Å²) in [6.45, 7) is 16.4. The van der Waals surface area contributed by atoms with Gasteiger partial charge in [0.15, 0.2) is 0 Å². The van der Waals surface area contributed by atoms with E-state index in [1.165, 1.54) is 0 Å². The van der Waals surface area contributed by atoms with E-state index in [9.17, 15) is 47.9 Å². The molecule has 0 spiro atoms. The van der Waals surface area contributed by atoms with Crippen LogP contribution in [-0.4, -0.2) is 147 Å². The van der Waals surface area contributed by atoms with Gasteiger partial charge in [-0.25, -0.2) is 19.2 Å². The van der Waals surface area contributed by atoms with Gasteiger partial charge in [-0.15, -0.1) is 0 Å². The van der Waals surface area contributed by atoms with Crippen LogP contribution in [0.4, 0.5) is 9.59 Å². The predicted molar refractivity (Wildman–Crippen MR) is 239 cm³/mol. The molecule has 0 aromatic heterocycles. The number of ether oxygens (including phenoxy) is 4. The molecule has 0 aromatic carbocycles. The van der Waals surface area contributed by atoms with E-state index in [0.29, 0.717) is 0 Å². The third-order valence-corrected chi connectivity index (χ3v) is 10.2. The summed E-state index contributed by atoms with van der Waals surface area (Å²) in [6.07, 6.45) is -1.16. The first-order valence-electron chi connectivity index (χ1n) is 20.7. The smallest absolute Gasteiger partial charge is 0.407 e. The number of methoxy groups -OCH3 is 2. The molecular weight excluding hydrogens is 881 g/mol. The number of esters is 2. The zero-order chi connectivity index (χ0) is 49.2. The van der Waals surface area contributed by atoms with Crippen LogP contribution in [0.3, 0.4) is 0 Å². The molecule has 0 aliphatic carbocycles. The molecule has 0 fully saturated rings. The number of amides is 8. The summed E-state index contributed by atoms with van der Waals surface area (Å²) in [5.41, 5.74) is -1.43. The monoisotopic (exact) mass is 950 g/mol. The third-order valence-electron chi connectivity index (χ3n) is 7.80. The molecular formula is C40H70N8O14S2. The van der Waals surface area contributed by atoms with Crippen molar-refractivity contribution in [3.63, 3.8) is 0 Å². The van der Waals surface area contributed by atoms with Crippen molar-refractivity contribution in [1.82, 2.24) is 42.5 Å². The van der Waals surface area contributed by atoms with Gasteiger partial charge in [0.2, 0.25) is 35.4 Å². The molecule has 0 unspecified atom stereocenters. The van der Waals surface area contributed by atoms with Gasteiger partial charge in [-0.2, -0.15) is 0 Å². The molecule has 24 heteroatoms. The Bertz CT molecular complexity index is 1470. The summed E-state index contributed by atoms with van der Waals surface area (Å²) in [7, 11) is 4.36. The Balaban J connectivity index is 5.17. The molecule has 4 atom stereocenters. The molecule has 0 heterocycles. The number of hydrogen-bond donors (Lipinski definition) is 8. The van der Waals surface area contributed by atoms with Gasteiger partial charge < -0.3 is 61.5 Å². The van der Waals surface area contributed by atoms with Crippen molar-refractivity contribution >= 4 is 81.2 Å². The molecule has 0 saturated heterocycles. The number of alkyl carbamates (subject to hydrolysis) is 2. The maximum Gasteiger partial charge on any atom is 0.407 e. The molecule has 0 radical (unpaired) electrons. The predicted octanol–water partition coefficient (Wildman–Crippen LogP) is 0.807. The van der Waals surface area contributed by atoms with Gasteiger partial charge in [-0.05, 0) is 66.2 Å². The first-order chi connectivity index (χ1) is 29.7. The second-order valence-electron chi connectivity index (χ2n) is 17.1. The minimum atomic E-state index is -1.18. The first-order valence-corrected chi connectivity index (χ1v) is 23.2. The summed E-state index contributed by atoms with van der Waals surface area (Å²) in [6, 6.07) is -4.35. The lowest BCUT2D eigenvalue weighted by Crippen LogP contribution is -2.52. The molecule has 0 bridgehead atoms. The Morgan fingerprint density at radius 2 is 0.781 bits per heavy atom. The second-order valence-corrected chi connectivity index (χ2v) is 19.7. The van der Waals surface area contributed by atoms with Crippen molar-refractivity contribution in [3.05, 3.63) is 0 Å². The SMILES string of the molecule is COC(=O)[C@H](CSSC[C@H](NC(=O)CNC(=O)[C@H](CC(C)C)NC(=O)CCNC(=O)OC(C)(C)C)C(=O)OC)NC(=O)CNC(=O)[C@H](CC(C)C)NC(=O)CCNC(=O)OC(C)(C)C. The van der Waals surface area contributed by atoms with Crippen molar-refractivity contribution in [1.29, 1.82) is 0 Å². The van der Waals surface area contributed by atoms with Crippen LogP contribution in [0.15, 0.2) is 0 Å². The molecule has 0 aromatic rings. The summed E-state index contributed by atoms with van der Waals surface area (Å²) in [4.78, 5) is 126. The fourth-order valence-electron chi connectivity index (χ4n) is 5.05. The number of nitrogens with one attached hydrogen (secondary N) is 8. The van der Waals surface area contributed by atoms with E-state index in [-0.39, 0.29) is 62.1 Å². The maximum absolute atomic E-state index is 13.0. The Kier molecular flexibility index (Phi) is 27.8. The van der Waals surface area contributed by atoms with Crippen molar-refractivity contribution in [2.24, 2.45) is 11.8 Å². The van der Waals surface area contributed by atoms with E-state index in [2.05, 4.69) is 42.5 Å². The lowest BCUT2D eigenvalue weighted by Gasteiger charge is -2.22. The van der Waals surface area contributed by atoms with Crippen molar-refractivity contribution in [2.45, 2.75) is 130 Å². The zero-order valence-corrected chi connectivity index (χ0v) is 40.7. The lowest BCUT2D eigenvalue weighted by atomic mass is 10.0. The molecule has 366 valence electrons. The molecule has 0 aliphatic rings. The van der Waals surface area contributed by atoms with Crippen LogP contribution >= 0.6 is 21.6 Å². The summed E-state index contributed by atoms with van der Waals surface area (Å²) in [5, 5.41) is 20.0. The number of rotatable bonds is 27. The topological polar surface area (TPSA) is 304 Å². The van der Waals surface area contributed by atoms with Gasteiger partial charge in [0.1, 0.15) is 35.4 Å². The van der Waals surface area contributed by atoms with Crippen molar-refractivity contribution in [2.75, 3.05) is 51.9 Å². The van der Waals surface area contributed by atoms with Gasteiger partial charge in [-0.3, -0.25) is 28.8 Å². The van der Waals surface area contributed by atoms with E-state index in [1.54, 1.807) is 41.5 Å². The highest BCUT2D eigenvalue weighted by Gasteiger charge is 2.28. The maximum atomic E-state index is 13.0. The third kappa shape index (κ3) is 29.4. The van der Waals surface area contributed by atoms with Crippen LogP contribution in [0.1, 0.15) is 94.9 Å². The normalized spacial score (nSPS) is 13.2. The second kappa shape index (κ2) is 30.2. The van der Waals surface area contributed by atoms with Crippen LogP contribution in [0, 0.1) is 11.8 Å². The quantitative estimate of drug-likeness (QED) is 0.0245. The zero-order valence-electron chi connectivity index (χ0n) is 39.1. The highest BCUT2D eigenvalue weighted by atomic mass is 33.1. The number of hydrogen-bond acceptors (Lipinski definition) is 16. The van der Waals surface area contributed by atoms with Gasteiger partial charge in [0, 0.05) is 37.4 Å². The molecule has 0 aliphatic heterocycles. The minimum absolute atomic E-state index is 0.0152. The van der Waals surface area contributed by atoms with E-state index >= 15 is 0 Å². The molecule has 8 amide bonds. The Labute approximate surface area is 383 Å². The van der Waals surface area contributed by atoms with E-state index in [0.717, 1.165) is 35.8 Å². The number of carbonyl (C=O) groups excluding carboxylic acids is 10. The summed E-state index contributed by atoms with van der Waals surface area (Å²) in [5.74, 6) is -5.53. The van der Waals surface area contributed by atoms with Gasteiger partial charge in [0.25, 0.3) is 0 Å². The van der Waals surface area contributed by atoms with Gasteiger partial charge in [0.05, 0.1) is 27.3 Å². The molecule has 22 nitrogen and oxygen atoms in total. The highest BCUT2D eigenvalue weighted by molar-refractivity contribution is 8.76. The highest BCUT2D eigenvalue weighted by Crippen LogP contribution is 2.23.